The van der Waals surface area contributed by atoms with Crippen molar-refractivity contribution in [1.82, 2.24) is 5.32 Å². The first-order valence-electron chi connectivity index (χ1n) is 6.40. The van der Waals surface area contributed by atoms with Crippen molar-refractivity contribution in [3.05, 3.63) is 34.6 Å². The van der Waals surface area contributed by atoms with Gasteiger partial charge in [0, 0.05) is 11.6 Å². The zero-order valence-corrected chi connectivity index (χ0v) is 10.8. The summed E-state index contributed by atoms with van der Waals surface area (Å²) in [6.45, 7) is 1.65. The molecule has 0 aromatic heterocycles. The van der Waals surface area contributed by atoms with E-state index in [0.717, 1.165) is 18.0 Å². The fraction of sp³-hybridized carbons (Fsp3) is 0.571. The van der Waals surface area contributed by atoms with E-state index < -0.39 is 0 Å². The van der Waals surface area contributed by atoms with E-state index >= 15 is 0 Å². The maximum atomic E-state index is 13.0. The highest BCUT2D eigenvalue weighted by Crippen LogP contribution is 2.27. The second kappa shape index (κ2) is 6.36. The van der Waals surface area contributed by atoms with Gasteiger partial charge in [0.25, 0.3) is 0 Å². The van der Waals surface area contributed by atoms with Gasteiger partial charge in [0.1, 0.15) is 5.82 Å². The largest absolute Gasteiger partial charge is 0.313 e. The molecule has 0 saturated heterocycles. The van der Waals surface area contributed by atoms with Crippen LogP contribution in [0, 0.1) is 11.7 Å². The molecule has 1 saturated carbocycles. The Morgan fingerprint density at radius 3 is 2.82 bits per heavy atom. The molecule has 0 spiro atoms. The lowest BCUT2D eigenvalue weighted by atomic mass is 10.0. The Labute approximate surface area is 107 Å². The highest BCUT2D eigenvalue weighted by atomic mass is 35.5. The topological polar surface area (TPSA) is 12.0 Å². The summed E-state index contributed by atoms with van der Waals surface area (Å²) < 4.78 is 13.0. The van der Waals surface area contributed by atoms with Crippen molar-refractivity contribution >= 4 is 11.6 Å². The van der Waals surface area contributed by atoms with Crippen LogP contribution in [-0.4, -0.2) is 6.54 Å². The molecule has 0 bridgehead atoms. The third-order valence-corrected chi connectivity index (χ3v) is 3.90. The maximum Gasteiger partial charge on any atom is 0.123 e. The average Bonchev–Trinajstić information content (AvgIpc) is 2.82. The highest BCUT2D eigenvalue weighted by Gasteiger charge is 2.13. The Morgan fingerprint density at radius 1 is 1.29 bits per heavy atom. The van der Waals surface area contributed by atoms with E-state index in [1.165, 1.54) is 44.2 Å². The second-order valence-corrected chi connectivity index (χ2v) is 5.26. The molecule has 1 fully saturated rings. The molecule has 1 aromatic carbocycles. The summed E-state index contributed by atoms with van der Waals surface area (Å²) in [5.74, 6) is 0.674. The summed E-state index contributed by atoms with van der Waals surface area (Å²) in [4.78, 5) is 0. The fourth-order valence-electron chi connectivity index (χ4n) is 2.51. The van der Waals surface area contributed by atoms with E-state index in [4.69, 9.17) is 11.6 Å². The lowest BCUT2D eigenvalue weighted by Gasteiger charge is -2.10. The van der Waals surface area contributed by atoms with Crippen molar-refractivity contribution in [2.45, 2.75) is 38.6 Å². The molecule has 2 rings (SSSR count). The molecule has 1 aromatic rings. The third-order valence-electron chi connectivity index (χ3n) is 3.53. The highest BCUT2D eigenvalue weighted by molar-refractivity contribution is 6.31. The molecule has 94 valence electrons. The number of benzene rings is 1. The van der Waals surface area contributed by atoms with Gasteiger partial charge in [0.15, 0.2) is 0 Å². The van der Waals surface area contributed by atoms with Crippen molar-refractivity contribution in [3.63, 3.8) is 0 Å². The lowest BCUT2D eigenvalue weighted by Crippen LogP contribution is -2.17. The predicted octanol–water partition coefficient (Wildman–Crippen LogP) is 4.15. The van der Waals surface area contributed by atoms with Gasteiger partial charge in [-0.2, -0.15) is 0 Å². The van der Waals surface area contributed by atoms with E-state index in [-0.39, 0.29) is 5.82 Å². The Morgan fingerprint density at radius 2 is 2.06 bits per heavy atom. The van der Waals surface area contributed by atoms with Crippen molar-refractivity contribution < 1.29 is 4.39 Å². The van der Waals surface area contributed by atoms with Crippen LogP contribution in [-0.2, 0) is 6.54 Å². The number of halogens is 2. The minimum atomic E-state index is -0.220. The first kappa shape index (κ1) is 12.8. The lowest BCUT2D eigenvalue weighted by molar-refractivity contribution is 0.477. The van der Waals surface area contributed by atoms with E-state index in [1.54, 1.807) is 6.07 Å². The molecule has 0 heterocycles. The zero-order valence-electron chi connectivity index (χ0n) is 10.0. The summed E-state index contributed by atoms with van der Waals surface area (Å²) in [6.07, 6.45) is 6.76. The molecule has 0 unspecified atom stereocenters. The van der Waals surface area contributed by atoms with Gasteiger partial charge in [-0.25, -0.2) is 4.39 Å². The first-order valence-corrected chi connectivity index (χ1v) is 6.78. The molecule has 0 amide bonds. The molecule has 0 atom stereocenters. The second-order valence-electron chi connectivity index (χ2n) is 4.85. The van der Waals surface area contributed by atoms with Crippen LogP contribution in [0.3, 0.4) is 0 Å². The SMILES string of the molecule is Fc1ccc(Cl)c(CNCCC2CCCC2)c1. The Bertz CT molecular complexity index is 361. The summed E-state index contributed by atoms with van der Waals surface area (Å²) in [6, 6.07) is 4.51. The summed E-state index contributed by atoms with van der Waals surface area (Å²) in [5, 5.41) is 3.98. The monoisotopic (exact) mass is 255 g/mol. The van der Waals surface area contributed by atoms with Crippen LogP contribution < -0.4 is 5.32 Å². The van der Waals surface area contributed by atoms with Gasteiger partial charge in [0.2, 0.25) is 0 Å². The standard InChI is InChI=1S/C14H19ClFN/c15-14-6-5-13(16)9-12(14)10-17-8-7-11-3-1-2-4-11/h5-6,9,11,17H,1-4,7-8,10H2. The van der Waals surface area contributed by atoms with Crippen LogP contribution in [0.4, 0.5) is 4.39 Å². The van der Waals surface area contributed by atoms with Gasteiger partial charge in [-0.3, -0.25) is 0 Å². The molecular weight excluding hydrogens is 237 g/mol. The van der Waals surface area contributed by atoms with Crippen LogP contribution >= 0.6 is 11.6 Å². The average molecular weight is 256 g/mol. The molecule has 1 aliphatic rings. The van der Waals surface area contributed by atoms with Crippen LogP contribution in [0.1, 0.15) is 37.7 Å². The van der Waals surface area contributed by atoms with Crippen molar-refractivity contribution in [3.8, 4) is 0 Å². The molecule has 1 nitrogen and oxygen atoms in total. The van der Waals surface area contributed by atoms with Gasteiger partial charge < -0.3 is 5.32 Å². The quantitative estimate of drug-likeness (QED) is 0.780. The number of hydrogen-bond acceptors (Lipinski definition) is 1. The van der Waals surface area contributed by atoms with Crippen LogP contribution in [0.15, 0.2) is 18.2 Å². The Kier molecular flexibility index (Phi) is 4.81. The van der Waals surface area contributed by atoms with Gasteiger partial charge >= 0.3 is 0 Å². The summed E-state index contributed by atoms with van der Waals surface area (Å²) in [5.41, 5.74) is 0.845. The first-order chi connectivity index (χ1) is 8.25. The summed E-state index contributed by atoms with van der Waals surface area (Å²) >= 11 is 6.00. The molecule has 1 N–H and O–H groups in total. The number of hydrogen-bond donors (Lipinski definition) is 1. The number of rotatable bonds is 5. The Hall–Kier alpha value is -0.600. The number of nitrogens with one attached hydrogen (secondary N) is 1. The van der Waals surface area contributed by atoms with Crippen LogP contribution in [0.5, 0.6) is 0 Å². The molecule has 1 aliphatic carbocycles. The molecule has 0 aliphatic heterocycles. The normalized spacial score (nSPS) is 16.6. The van der Waals surface area contributed by atoms with Crippen molar-refractivity contribution in [1.29, 1.82) is 0 Å². The third kappa shape index (κ3) is 3.97. The van der Waals surface area contributed by atoms with Gasteiger partial charge in [0.05, 0.1) is 0 Å². The minimum Gasteiger partial charge on any atom is -0.313 e. The van der Waals surface area contributed by atoms with E-state index in [0.29, 0.717) is 11.6 Å². The van der Waals surface area contributed by atoms with Crippen LogP contribution in [0.2, 0.25) is 5.02 Å². The van der Waals surface area contributed by atoms with E-state index in [9.17, 15) is 4.39 Å². The van der Waals surface area contributed by atoms with Crippen molar-refractivity contribution in [2.75, 3.05) is 6.54 Å². The minimum absolute atomic E-state index is 0.220. The molecule has 17 heavy (non-hydrogen) atoms. The maximum absolute atomic E-state index is 13.0. The van der Waals surface area contributed by atoms with Gasteiger partial charge in [-0.1, -0.05) is 37.3 Å². The smallest absolute Gasteiger partial charge is 0.123 e. The fourth-order valence-corrected chi connectivity index (χ4v) is 2.69. The van der Waals surface area contributed by atoms with Gasteiger partial charge in [-0.05, 0) is 42.6 Å². The van der Waals surface area contributed by atoms with Crippen molar-refractivity contribution in [2.24, 2.45) is 5.92 Å². The summed E-state index contributed by atoms with van der Waals surface area (Å²) in [7, 11) is 0. The van der Waals surface area contributed by atoms with Crippen LogP contribution in [0.25, 0.3) is 0 Å². The zero-order chi connectivity index (χ0) is 12.1. The molecule has 0 radical (unpaired) electrons. The predicted molar refractivity (Wildman–Crippen MR) is 69.7 cm³/mol. The van der Waals surface area contributed by atoms with E-state index in [2.05, 4.69) is 5.32 Å². The Balaban J connectivity index is 1.72. The molecular formula is C14H19ClFN. The molecule has 3 heteroatoms. The van der Waals surface area contributed by atoms with E-state index in [1.807, 2.05) is 0 Å². The van der Waals surface area contributed by atoms with Gasteiger partial charge in [-0.15, -0.1) is 0 Å².